The Bertz CT molecular complexity index is 1720. The maximum Gasteiger partial charge on any atom is 0.135 e. The summed E-state index contributed by atoms with van der Waals surface area (Å²) in [6.07, 6.45) is 8.11. The molecule has 0 spiro atoms. The molecule has 7 rings (SSSR count). The van der Waals surface area contributed by atoms with E-state index in [1.165, 1.54) is 44.0 Å². The van der Waals surface area contributed by atoms with E-state index >= 15 is 0 Å². The number of benzene rings is 3. The fourth-order valence-electron chi connectivity index (χ4n) is 6.70. The Kier molecular flexibility index (Phi) is 4.67. The number of hydrogen-bond donors (Lipinski definition) is 0. The van der Waals surface area contributed by atoms with Crippen LogP contribution in [0.15, 0.2) is 87.2 Å². The van der Waals surface area contributed by atoms with E-state index in [9.17, 15) is 0 Å². The summed E-state index contributed by atoms with van der Waals surface area (Å²) >= 11 is 0. The largest absolute Gasteiger partial charge is 0.456 e. The summed E-state index contributed by atoms with van der Waals surface area (Å²) in [4.78, 5) is 0. The third-order valence-corrected chi connectivity index (χ3v) is 8.98. The first-order valence-electron chi connectivity index (χ1n) is 13.2. The minimum atomic E-state index is 0.0453. The summed E-state index contributed by atoms with van der Waals surface area (Å²) in [7, 11) is 0. The van der Waals surface area contributed by atoms with E-state index in [1.54, 1.807) is 0 Å². The van der Waals surface area contributed by atoms with Gasteiger partial charge in [0.15, 0.2) is 0 Å². The van der Waals surface area contributed by atoms with Crippen LogP contribution in [0.1, 0.15) is 62.0 Å². The summed E-state index contributed by atoms with van der Waals surface area (Å²) < 4.78 is 12.8. The highest BCUT2D eigenvalue weighted by Crippen LogP contribution is 2.54. The zero-order valence-corrected chi connectivity index (χ0v) is 21.5. The summed E-state index contributed by atoms with van der Waals surface area (Å²) in [5.74, 6) is 1.96. The fourth-order valence-corrected chi connectivity index (χ4v) is 6.70. The van der Waals surface area contributed by atoms with Crippen LogP contribution in [0.3, 0.4) is 0 Å². The molecule has 2 heteroatoms. The maximum atomic E-state index is 6.62. The van der Waals surface area contributed by atoms with Crippen molar-refractivity contribution in [1.29, 1.82) is 0 Å². The van der Waals surface area contributed by atoms with E-state index < -0.39 is 0 Å². The molecule has 0 saturated carbocycles. The normalized spacial score (nSPS) is 24.2. The molecule has 2 nitrogen and oxygen atoms in total. The van der Waals surface area contributed by atoms with Crippen LogP contribution in [0.25, 0.3) is 38.5 Å². The van der Waals surface area contributed by atoms with Crippen LogP contribution >= 0.6 is 0 Å². The molecule has 0 amide bonds. The third kappa shape index (κ3) is 3.17. The number of aryl methyl sites for hydroxylation is 1. The molecule has 5 aromatic rings. The van der Waals surface area contributed by atoms with Gasteiger partial charge in [-0.05, 0) is 80.5 Å². The molecule has 0 saturated heterocycles. The van der Waals surface area contributed by atoms with Gasteiger partial charge in [0.2, 0.25) is 0 Å². The summed E-state index contributed by atoms with van der Waals surface area (Å²) in [6.45, 7) is 9.29. The molecule has 0 radical (unpaired) electrons. The van der Waals surface area contributed by atoms with E-state index in [4.69, 9.17) is 8.83 Å². The predicted octanol–water partition coefficient (Wildman–Crippen LogP) is 9.75. The van der Waals surface area contributed by atoms with Crippen molar-refractivity contribution in [1.82, 2.24) is 0 Å². The Balaban J connectivity index is 1.43. The van der Waals surface area contributed by atoms with Gasteiger partial charge >= 0.3 is 0 Å². The lowest BCUT2D eigenvalue weighted by molar-refractivity contribution is 0.268. The Morgan fingerprint density at radius 3 is 2.44 bits per heavy atom. The molecule has 2 aromatic heterocycles. The van der Waals surface area contributed by atoms with Gasteiger partial charge in [0.05, 0.1) is 0 Å². The average Bonchev–Trinajstić information content (AvgIpc) is 3.43. The lowest BCUT2D eigenvalue weighted by Crippen LogP contribution is -2.31. The molecule has 2 aliphatic rings. The van der Waals surface area contributed by atoms with Gasteiger partial charge in [-0.1, -0.05) is 67.5 Å². The molecular weight excluding hydrogens is 440 g/mol. The number of fused-ring (bicyclic) bond motifs is 6. The first kappa shape index (κ1) is 21.7. The first-order valence-corrected chi connectivity index (χ1v) is 13.2. The quantitative estimate of drug-likeness (QED) is 0.239. The molecule has 0 N–H and O–H groups in total. The zero-order chi connectivity index (χ0) is 24.6. The highest BCUT2D eigenvalue weighted by atomic mass is 16.3. The van der Waals surface area contributed by atoms with Crippen molar-refractivity contribution in [3.63, 3.8) is 0 Å². The van der Waals surface area contributed by atoms with E-state index in [0.29, 0.717) is 11.8 Å². The topological polar surface area (TPSA) is 26.3 Å². The monoisotopic (exact) mass is 472 g/mol. The van der Waals surface area contributed by atoms with Crippen LogP contribution in [-0.4, -0.2) is 0 Å². The summed E-state index contributed by atoms with van der Waals surface area (Å²) in [6, 6.07) is 21.8. The minimum Gasteiger partial charge on any atom is -0.456 e. The van der Waals surface area contributed by atoms with Crippen LogP contribution in [0.4, 0.5) is 0 Å². The van der Waals surface area contributed by atoms with Crippen LogP contribution in [0.5, 0.6) is 0 Å². The Morgan fingerprint density at radius 1 is 0.833 bits per heavy atom. The maximum absolute atomic E-state index is 6.62. The van der Waals surface area contributed by atoms with Gasteiger partial charge in [-0.3, -0.25) is 0 Å². The van der Waals surface area contributed by atoms with Crippen molar-refractivity contribution >= 4 is 38.5 Å². The first-order chi connectivity index (χ1) is 17.4. The van der Waals surface area contributed by atoms with Gasteiger partial charge in [0.25, 0.3) is 0 Å². The molecule has 2 heterocycles. The second-order valence-corrected chi connectivity index (χ2v) is 11.4. The molecule has 0 aliphatic heterocycles. The Hall–Kier alpha value is -3.52. The molecule has 0 bridgehead atoms. The van der Waals surface area contributed by atoms with Gasteiger partial charge in [0.1, 0.15) is 22.5 Å². The second-order valence-electron chi connectivity index (χ2n) is 11.4. The van der Waals surface area contributed by atoms with Gasteiger partial charge in [-0.25, -0.2) is 0 Å². The van der Waals surface area contributed by atoms with Crippen LogP contribution in [0.2, 0.25) is 0 Å². The third-order valence-electron chi connectivity index (χ3n) is 8.98. The number of rotatable bonds is 2. The number of para-hydroxylation sites is 1. The molecule has 3 unspecified atom stereocenters. The van der Waals surface area contributed by atoms with Crippen LogP contribution < -0.4 is 0 Å². The highest BCUT2D eigenvalue weighted by Gasteiger charge is 2.42. The van der Waals surface area contributed by atoms with Crippen molar-refractivity contribution in [3.8, 4) is 0 Å². The standard InChI is InChI=1S/C34H32O2/c1-20-10-13-31-26(15-20)27-16-23(12-14-32(27)35-31)24-17-28-25-7-5-6-8-30(25)36-33(28)29(18-24)34(4)19-21(2)9-11-22(34)3/h5-10,12-16,18,22,24H,11,17,19H2,1-4H3. The van der Waals surface area contributed by atoms with Crippen molar-refractivity contribution in [2.45, 2.75) is 52.9 Å². The van der Waals surface area contributed by atoms with Gasteiger partial charge < -0.3 is 8.83 Å². The van der Waals surface area contributed by atoms with E-state index in [1.807, 2.05) is 0 Å². The van der Waals surface area contributed by atoms with Crippen molar-refractivity contribution in [3.05, 3.63) is 101 Å². The minimum absolute atomic E-state index is 0.0453. The van der Waals surface area contributed by atoms with Crippen LogP contribution in [0, 0.1) is 18.3 Å². The SMILES string of the molecule is CC1=CCC(C)C(C)(C2=CC(c3ccc4oc5ccc(C)cc5c4c3)Cc3c2oc2ccccc32)C1. The Labute approximate surface area is 212 Å². The average molecular weight is 473 g/mol. The van der Waals surface area contributed by atoms with E-state index in [0.717, 1.165) is 41.8 Å². The zero-order valence-electron chi connectivity index (χ0n) is 21.5. The smallest absolute Gasteiger partial charge is 0.135 e. The number of furan rings is 2. The van der Waals surface area contributed by atoms with E-state index in [2.05, 4.69) is 101 Å². The molecule has 3 aromatic carbocycles. The summed E-state index contributed by atoms with van der Waals surface area (Å²) in [5, 5.41) is 3.67. The van der Waals surface area contributed by atoms with Crippen molar-refractivity contribution in [2.75, 3.05) is 0 Å². The summed E-state index contributed by atoms with van der Waals surface area (Å²) in [5.41, 5.74) is 9.80. The van der Waals surface area contributed by atoms with E-state index in [-0.39, 0.29) is 5.41 Å². The predicted molar refractivity (Wildman–Crippen MR) is 149 cm³/mol. The molecular formula is C34H32O2. The molecule has 180 valence electrons. The highest BCUT2D eigenvalue weighted by molar-refractivity contribution is 6.05. The van der Waals surface area contributed by atoms with Gasteiger partial charge in [-0.2, -0.15) is 0 Å². The lowest BCUT2D eigenvalue weighted by Gasteiger charge is -2.42. The molecule has 2 aliphatic carbocycles. The van der Waals surface area contributed by atoms with Crippen LogP contribution in [-0.2, 0) is 6.42 Å². The lowest BCUT2D eigenvalue weighted by atomic mass is 9.61. The van der Waals surface area contributed by atoms with Crippen molar-refractivity contribution in [2.24, 2.45) is 11.3 Å². The second kappa shape index (κ2) is 7.74. The van der Waals surface area contributed by atoms with Gasteiger partial charge in [-0.15, -0.1) is 0 Å². The Morgan fingerprint density at radius 2 is 1.58 bits per heavy atom. The number of allylic oxidation sites excluding steroid dienone is 4. The molecule has 3 atom stereocenters. The molecule has 36 heavy (non-hydrogen) atoms. The fraction of sp³-hybridized carbons (Fsp3) is 0.294. The van der Waals surface area contributed by atoms with Crippen molar-refractivity contribution < 1.29 is 8.83 Å². The van der Waals surface area contributed by atoms with Gasteiger partial charge in [0, 0.05) is 33.1 Å². The number of hydrogen-bond acceptors (Lipinski definition) is 2. The molecule has 0 fully saturated rings.